The number of hydrogen-bond donors (Lipinski definition) is 0. The summed E-state index contributed by atoms with van der Waals surface area (Å²) in [4.78, 5) is 4.83. The quantitative estimate of drug-likeness (QED) is 0.243. The van der Waals surface area contributed by atoms with Crippen molar-refractivity contribution in [2.24, 2.45) is 0 Å². The highest BCUT2D eigenvalue weighted by atomic mass is 15.1. The van der Waals surface area contributed by atoms with Crippen LogP contribution in [0.2, 0.25) is 0 Å². The van der Waals surface area contributed by atoms with Crippen molar-refractivity contribution in [1.29, 1.82) is 0 Å². The van der Waals surface area contributed by atoms with Crippen molar-refractivity contribution >= 4 is 22.7 Å². The van der Waals surface area contributed by atoms with Gasteiger partial charge in [-0.15, -0.1) is 0 Å². The lowest BCUT2D eigenvalue weighted by molar-refractivity contribution is 0.589. The van der Waals surface area contributed by atoms with E-state index in [9.17, 15) is 0 Å². The molecule has 1 aliphatic carbocycles. The average Bonchev–Trinajstić information content (AvgIpc) is 3.11. The van der Waals surface area contributed by atoms with Gasteiger partial charge in [0, 0.05) is 55.1 Å². The fourth-order valence-corrected chi connectivity index (χ4v) is 7.42. The van der Waals surface area contributed by atoms with Gasteiger partial charge in [-0.2, -0.15) is 0 Å². The fraction of sp³-hybridized carbons (Fsp3) is 0.368. The lowest BCUT2D eigenvalue weighted by Gasteiger charge is -2.33. The second-order valence-electron chi connectivity index (χ2n) is 14.3. The molecule has 2 heterocycles. The van der Waals surface area contributed by atoms with E-state index in [4.69, 9.17) is 0 Å². The number of hydrogen-bond acceptors (Lipinski definition) is 2. The Labute approximate surface area is 240 Å². The van der Waals surface area contributed by atoms with Crippen molar-refractivity contribution in [2.75, 3.05) is 23.9 Å². The maximum absolute atomic E-state index is 2.52. The molecule has 4 aromatic rings. The van der Waals surface area contributed by atoms with Crippen LogP contribution in [-0.4, -0.2) is 14.1 Å². The highest BCUT2D eigenvalue weighted by molar-refractivity contribution is 5.89. The molecule has 204 valence electrons. The van der Waals surface area contributed by atoms with E-state index in [1.165, 1.54) is 78.4 Å². The van der Waals surface area contributed by atoms with E-state index >= 15 is 0 Å². The van der Waals surface area contributed by atoms with Crippen molar-refractivity contribution in [1.82, 2.24) is 0 Å². The monoisotopic (exact) mass is 526 g/mol. The minimum absolute atomic E-state index is 0.0471. The molecule has 0 saturated carbocycles. The summed E-state index contributed by atoms with van der Waals surface area (Å²) in [5.74, 6) is 0.540. The number of nitrogens with zero attached hydrogens (tertiary/aromatic N) is 2. The maximum atomic E-state index is 2.52. The van der Waals surface area contributed by atoms with E-state index in [-0.39, 0.29) is 10.8 Å². The van der Waals surface area contributed by atoms with Crippen LogP contribution < -0.4 is 9.80 Å². The summed E-state index contributed by atoms with van der Waals surface area (Å²) >= 11 is 0. The minimum atomic E-state index is -0.0471. The normalized spacial score (nSPS) is 16.2. The lowest BCUT2D eigenvalue weighted by atomic mass is 9.80. The van der Waals surface area contributed by atoms with Gasteiger partial charge in [-0.25, -0.2) is 0 Å². The molecule has 2 heteroatoms. The molecule has 7 rings (SSSR count). The van der Waals surface area contributed by atoms with Gasteiger partial charge in [0.25, 0.3) is 0 Å². The Bertz CT molecular complexity index is 1710. The number of benzene rings is 4. The van der Waals surface area contributed by atoms with Crippen molar-refractivity contribution < 1.29 is 0 Å². The van der Waals surface area contributed by atoms with Crippen LogP contribution in [0, 0.1) is 0 Å². The van der Waals surface area contributed by atoms with E-state index in [0.717, 1.165) is 12.8 Å². The van der Waals surface area contributed by atoms with Crippen molar-refractivity contribution in [3.05, 3.63) is 105 Å². The Kier molecular flexibility index (Phi) is 5.25. The molecule has 0 fully saturated rings. The molecule has 0 atom stereocenters. The topological polar surface area (TPSA) is 6.48 Å². The van der Waals surface area contributed by atoms with Crippen LogP contribution in [0.25, 0.3) is 11.1 Å². The lowest BCUT2D eigenvalue weighted by Crippen LogP contribution is -2.22. The van der Waals surface area contributed by atoms with Crippen molar-refractivity contribution in [2.45, 2.75) is 78.1 Å². The van der Waals surface area contributed by atoms with Crippen LogP contribution in [-0.2, 0) is 23.7 Å². The Morgan fingerprint density at radius 2 is 1.10 bits per heavy atom. The Balaban J connectivity index is 1.35. The Morgan fingerprint density at radius 1 is 0.625 bits per heavy atom. The zero-order chi connectivity index (χ0) is 28.3. The van der Waals surface area contributed by atoms with Gasteiger partial charge in [-0.3, -0.25) is 0 Å². The highest BCUT2D eigenvalue weighted by Crippen LogP contribution is 2.55. The second-order valence-corrected chi connectivity index (χ2v) is 14.3. The zero-order valence-corrected chi connectivity index (χ0v) is 25.7. The largest absolute Gasteiger partial charge is 0.344 e. The molecular weight excluding hydrogens is 484 g/mol. The zero-order valence-electron chi connectivity index (χ0n) is 25.7. The first kappa shape index (κ1) is 25.4. The third kappa shape index (κ3) is 3.54. The van der Waals surface area contributed by atoms with Crippen LogP contribution in [0.3, 0.4) is 0 Å². The second kappa shape index (κ2) is 8.26. The predicted octanol–water partition coefficient (Wildman–Crippen LogP) is 9.76. The van der Waals surface area contributed by atoms with Crippen molar-refractivity contribution in [3.63, 3.8) is 0 Å². The summed E-state index contributed by atoms with van der Waals surface area (Å²) < 4.78 is 0. The van der Waals surface area contributed by atoms with Gasteiger partial charge in [0.2, 0.25) is 0 Å². The number of fused-ring (bicyclic) bond motifs is 7. The fourth-order valence-electron chi connectivity index (χ4n) is 7.42. The summed E-state index contributed by atoms with van der Waals surface area (Å²) in [6.07, 6.45) is 1.98. The number of rotatable bonds is 1. The molecule has 0 saturated heterocycles. The molecule has 0 unspecified atom stereocenters. The van der Waals surface area contributed by atoms with Crippen molar-refractivity contribution in [3.8, 4) is 11.1 Å². The molecule has 0 bridgehead atoms. The minimum Gasteiger partial charge on any atom is -0.344 e. The first-order chi connectivity index (χ1) is 18.8. The summed E-state index contributed by atoms with van der Waals surface area (Å²) in [5, 5.41) is 0. The molecule has 0 amide bonds. The molecule has 2 nitrogen and oxygen atoms in total. The molecule has 40 heavy (non-hydrogen) atoms. The van der Waals surface area contributed by atoms with Crippen LogP contribution in [0.1, 0.15) is 98.9 Å². The van der Waals surface area contributed by atoms with E-state index in [1.54, 1.807) is 0 Å². The van der Waals surface area contributed by atoms with Gasteiger partial charge < -0.3 is 9.80 Å². The van der Waals surface area contributed by atoms with Gasteiger partial charge in [0.15, 0.2) is 0 Å². The highest BCUT2D eigenvalue weighted by Gasteiger charge is 2.39. The first-order valence-corrected chi connectivity index (χ1v) is 14.9. The third-order valence-corrected chi connectivity index (χ3v) is 10.00. The third-order valence-electron chi connectivity index (χ3n) is 10.00. The summed E-state index contributed by atoms with van der Waals surface area (Å²) in [6.45, 7) is 16.3. The number of anilines is 4. The smallest absolute Gasteiger partial charge is 0.0447 e. The van der Waals surface area contributed by atoms with Crippen LogP contribution >= 0.6 is 0 Å². The molecule has 0 N–H and O–H groups in total. The summed E-state index contributed by atoms with van der Waals surface area (Å²) in [6, 6.07) is 24.2. The van der Waals surface area contributed by atoms with E-state index in [0.29, 0.717) is 5.92 Å². The molecule has 3 aliphatic rings. The first-order valence-electron chi connectivity index (χ1n) is 14.9. The predicted molar refractivity (Wildman–Crippen MR) is 171 cm³/mol. The molecule has 2 aliphatic heterocycles. The van der Waals surface area contributed by atoms with E-state index in [2.05, 4.69) is 133 Å². The van der Waals surface area contributed by atoms with Gasteiger partial charge in [-0.05, 0) is 103 Å². The van der Waals surface area contributed by atoms with Gasteiger partial charge in [-0.1, -0.05) is 72.7 Å². The molecule has 0 radical (unpaired) electrons. The van der Waals surface area contributed by atoms with Crippen LogP contribution in [0.4, 0.5) is 22.7 Å². The van der Waals surface area contributed by atoms with E-state index < -0.39 is 0 Å². The average molecular weight is 527 g/mol. The SMILES string of the molecule is CC(C)c1ccc2c(c1)Cc1cc3c(cc1N2C)C(C)(C)c1cc2c(cc1-3)Cc1cc(C(C)(C)C)ccc1N2C. The van der Waals surface area contributed by atoms with Gasteiger partial charge >= 0.3 is 0 Å². The summed E-state index contributed by atoms with van der Waals surface area (Å²) in [5.41, 5.74) is 19.8. The molecule has 4 aromatic carbocycles. The summed E-state index contributed by atoms with van der Waals surface area (Å²) in [7, 11) is 4.48. The molecular formula is C38H42N2. The molecule has 0 aromatic heterocycles. The maximum Gasteiger partial charge on any atom is 0.0447 e. The Hall–Kier alpha value is -3.52. The van der Waals surface area contributed by atoms with Crippen LogP contribution in [0.15, 0.2) is 60.7 Å². The van der Waals surface area contributed by atoms with Gasteiger partial charge in [0.1, 0.15) is 0 Å². The van der Waals surface area contributed by atoms with E-state index in [1.807, 2.05) is 0 Å². The Morgan fingerprint density at radius 3 is 1.60 bits per heavy atom. The van der Waals surface area contributed by atoms with Gasteiger partial charge in [0.05, 0.1) is 0 Å². The molecule has 0 spiro atoms. The standard InChI is InChI=1S/C38H42N2/c1-22(2)23-10-12-33-24(14-23)15-26-18-29-30-19-27-16-25-17-28(37(3,4)5)11-13-34(25)40(9)36(27)21-32(30)38(6,7)31(29)20-35(26)39(33)8/h10-14,17-22H,15-16H2,1-9H3. The van der Waals surface area contributed by atoms with Crippen LogP contribution in [0.5, 0.6) is 0 Å².